The monoisotopic (exact) mass is 355 g/mol. The molecule has 0 bridgehead atoms. The molecule has 1 aliphatic carbocycles. The lowest BCUT2D eigenvalue weighted by atomic mass is 9.75. The van der Waals surface area contributed by atoms with Crippen LogP contribution in [0.15, 0.2) is 65.9 Å². The van der Waals surface area contributed by atoms with E-state index in [0.29, 0.717) is 6.42 Å². The van der Waals surface area contributed by atoms with Gasteiger partial charge in [0.1, 0.15) is 0 Å². The molecule has 0 amide bonds. The topological polar surface area (TPSA) is 57.8 Å². The number of fused-ring (bicyclic) bond motifs is 1. The Kier molecular flexibility index (Phi) is 3.71. The van der Waals surface area contributed by atoms with Crippen LogP contribution in [0.5, 0.6) is 0 Å². The van der Waals surface area contributed by atoms with Crippen LogP contribution < -0.4 is 5.32 Å². The Bertz CT molecular complexity index is 1040. The molecule has 1 aliphatic heterocycles. The zero-order valence-corrected chi connectivity index (χ0v) is 15.3. The van der Waals surface area contributed by atoms with Gasteiger partial charge in [-0.05, 0) is 30.9 Å². The number of rotatable bonds is 2. The number of aryl methyl sites for hydroxylation is 1. The molecule has 134 valence electrons. The minimum Gasteiger partial charge on any atom is -0.342 e. The van der Waals surface area contributed by atoms with Crippen molar-refractivity contribution in [1.82, 2.24) is 10.2 Å². The van der Waals surface area contributed by atoms with Crippen LogP contribution in [-0.2, 0) is 4.79 Å². The predicted octanol–water partition coefficient (Wildman–Crippen LogP) is 4.95. The van der Waals surface area contributed by atoms with Gasteiger partial charge in [-0.15, -0.1) is 0 Å². The second kappa shape index (κ2) is 6.23. The number of carbonyl (C=O) groups excluding carboxylic acids is 1. The highest BCUT2D eigenvalue weighted by Crippen LogP contribution is 2.47. The number of H-pyrrole nitrogens is 1. The Labute approximate surface area is 158 Å². The van der Waals surface area contributed by atoms with Gasteiger partial charge in [-0.3, -0.25) is 9.89 Å². The van der Waals surface area contributed by atoms with Crippen molar-refractivity contribution in [1.29, 1.82) is 0 Å². The third-order valence-electron chi connectivity index (χ3n) is 5.58. The smallest absolute Gasteiger partial charge is 0.161 e. The van der Waals surface area contributed by atoms with E-state index in [1.54, 1.807) is 0 Å². The maximum absolute atomic E-state index is 12.9. The number of benzene rings is 2. The first-order chi connectivity index (χ1) is 13.2. The SMILES string of the molecule is Cc1ccc(C2C3=C(CCCC3=O)Nc3n[nH]c(-c4ccccc4)c32)cc1. The van der Waals surface area contributed by atoms with Crippen molar-refractivity contribution in [2.24, 2.45) is 0 Å². The van der Waals surface area contributed by atoms with Crippen molar-refractivity contribution in [2.75, 3.05) is 5.32 Å². The first-order valence-corrected chi connectivity index (χ1v) is 9.46. The molecule has 0 fully saturated rings. The number of anilines is 1. The second-order valence-electron chi connectivity index (χ2n) is 7.36. The summed E-state index contributed by atoms with van der Waals surface area (Å²) in [6.07, 6.45) is 2.42. The maximum atomic E-state index is 12.9. The number of carbonyl (C=O) groups is 1. The highest BCUT2D eigenvalue weighted by Gasteiger charge is 2.38. The Morgan fingerprint density at radius 3 is 2.56 bits per heavy atom. The van der Waals surface area contributed by atoms with Gasteiger partial charge in [-0.1, -0.05) is 60.2 Å². The molecular formula is C23H21N3O. The summed E-state index contributed by atoms with van der Waals surface area (Å²) in [4.78, 5) is 12.9. The van der Waals surface area contributed by atoms with Crippen molar-refractivity contribution in [3.63, 3.8) is 0 Å². The number of aromatic amines is 1. The number of hydrogen-bond acceptors (Lipinski definition) is 3. The zero-order valence-electron chi connectivity index (χ0n) is 15.3. The number of aromatic nitrogens is 2. The minimum absolute atomic E-state index is 0.0846. The standard InChI is InChI=1S/C23H21N3O/c1-14-10-12-15(13-11-14)19-20-17(8-5-9-18(20)27)24-23-21(19)22(25-26-23)16-6-3-2-4-7-16/h2-4,6-7,10-13,19H,5,8-9H2,1H3,(H2,24,25,26). The molecule has 0 radical (unpaired) electrons. The summed E-state index contributed by atoms with van der Waals surface area (Å²) in [5.41, 5.74) is 7.44. The fourth-order valence-electron chi connectivity index (χ4n) is 4.26. The van der Waals surface area contributed by atoms with E-state index in [4.69, 9.17) is 0 Å². The third kappa shape index (κ3) is 2.60. The van der Waals surface area contributed by atoms with Crippen LogP contribution in [0, 0.1) is 6.92 Å². The van der Waals surface area contributed by atoms with Crippen molar-refractivity contribution < 1.29 is 4.79 Å². The van der Waals surface area contributed by atoms with Gasteiger partial charge in [0.15, 0.2) is 11.6 Å². The fourth-order valence-corrected chi connectivity index (χ4v) is 4.26. The summed E-state index contributed by atoms with van der Waals surface area (Å²) in [5.74, 6) is 1.01. The summed E-state index contributed by atoms with van der Waals surface area (Å²) in [6.45, 7) is 2.08. The Balaban J connectivity index is 1.75. The molecule has 5 rings (SSSR count). The molecule has 4 nitrogen and oxygen atoms in total. The number of nitrogens with zero attached hydrogens (tertiary/aromatic N) is 1. The van der Waals surface area contributed by atoms with Crippen LogP contribution in [0.25, 0.3) is 11.3 Å². The van der Waals surface area contributed by atoms with Gasteiger partial charge in [0, 0.05) is 29.2 Å². The van der Waals surface area contributed by atoms with Crippen molar-refractivity contribution in [3.05, 3.63) is 82.6 Å². The molecule has 2 aromatic carbocycles. The molecule has 3 aromatic rings. The van der Waals surface area contributed by atoms with Gasteiger partial charge in [-0.2, -0.15) is 5.10 Å². The largest absolute Gasteiger partial charge is 0.342 e. The van der Waals surface area contributed by atoms with Crippen molar-refractivity contribution in [3.8, 4) is 11.3 Å². The van der Waals surface area contributed by atoms with E-state index in [0.717, 1.165) is 52.3 Å². The number of nitrogens with one attached hydrogen (secondary N) is 2. The molecule has 27 heavy (non-hydrogen) atoms. The Morgan fingerprint density at radius 1 is 1.00 bits per heavy atom. The number of hydrogen-bond donors (Lipinski definition) is 2. The van der Waals surface area contributed by atoms with Crippen LogP contribution in [0.3, 0.4) is 0 Å². The van der Waals surface area contributed by atoms with Gasteiger partial charge in [0.25, 0.3) is 0 Å². The number of allylic oxidation sites excluding steroid dienone is 2. The molecule has 2 aliphatic rings. The van der Waals surface area contributed by atoms with Crippen molar-refractivity contribution in [2.45, 2.75) is 32.1 Å². The average molecular weight is 355 g/mol. The van der Waals surface area contributed by atoms with Crippen LogP contribution >= 0.6 is 0 Å². The molecule has 1 unspecified atom stereocenters. The highest BCUT2D eigenvalue weighted by atomic mass is 16.1. The second-order valence-corrected chi connectivity index (χ2v) is 7.36. The van der Waals surface area contributed by atoms with E-state index >= 15 is 0 Å². The summed E-state index contributed by atoms with van der Waals surface area (Å²) >= 11 is 0. The first kappa shape index (κ1) is 16.1. The van der Waals surface area contributed by atoms with Gasteiger partial charge in [0.2, 0.25) is 0 Å². The molecule has 0 saturated heterocycles. The van der Waals surface area contributed by atoms with E-state index in [1.807, 2.05) is 18.2 Å². The van der Waals surface area contributed by atoms with Crippen LogP contribution in [0.1, 0.15) is 41.9 Å². The lowest BCUT2D eigenvalue weighted by Gasteiger charge is -2.32. The van der Waals surface area contributed by atoms with E-state index in [1.165, 1.54) is 5.56 Å². The van der Waals surface area contributed by atoms with Gasteiger partial charge in [0.05, 0.1) is 5.69 Å². The lowest BCUT2D eigenvalue weighted by Crippen LogP contribution is -2.26. The normalized spacial score (nSPS) is 18.7. The van der Waals surface area contributed by atoms with Gasteiger partial charge >= 0.3 is 0 Å². The predicted molar refractivity (Wildman–Crippen MR) is 107 cm³/mol. The van der Waals surface area contributed by atoms with Crippen LogP contribution in [0.4, 0.5) is 5.82 Å². The molecule has 1 aromatic heterocycles. The molecule has 4 heteroatoms. The van der Waals surface area contributed by atoms with E-state index < -0.39 is 0 Å². The summed E-state index contributed by atoms with van der Waals surface area (Å²) in [6, 6.07) is 18.7. The fraction of sp³-hybridized carbons (Fsp3) is 0.217. The molecule has 0 saturated carbocycles. The highest BCUT2D eigenvalue weighted by molar-refractivity contribution is 6.01. The quantitative estimate of drug-likeness (QED) is 0.684. The third-order valence-corrected chi connectivity index (χ3v) is 5.58. The minimum atomic E-state index is -0.0846. The Hall–Kier alpha value is -3.14. The van der Waals surface area contributed by atoms with Crippen LogP contribution in [-0.4, -0.2) is 16.0 Å². The van der Waals surface area contributed by atoms with Crippen LogP contribution in [0.2, 0.25) is 0 Å². The summed E-state index contributed by atoms with van der Waals surface area (Å²) < 4.78 is 0. The first-order valence-electron chi connectivity index (χ1n) is 9.46. The van der Waals surface area contributed by atoms with Gasteiger partial charge in [-0.25, -0.2) is 0 Å². The van der Waals surface area contributed by atoms with E-state index in [2.05, 4.69) is 58.8 Å². The molecule has 1 atom stereocenters. The van der Waals surface area contributed by atoms with E-state index in [9.17, 15) is 4.79 Å². The molecule has 0 spiro atoms. The average Bonchev–Trinajstić information content (AvgIpc) is 3.12. The zero-order chi connectivity index (χ0) is 18.4. The summed E-state index contributed by atoms with van der Waals surface area (Å²) in [5, 5.41) is 11.2. The van der Waals surface area contributed by atoms with Gasteiger partial charge < -0.3 is 5.32 Å². The molecule has 2 N–H and O–H groups in total. The molecule has 2 heterocycles. The number of ketones is 1. The molecular weight excluding hydrogens is 334 g/mol. The van der Waals surface area contributed by atoms with Crippen molar-refractivity contribution >= 4 is 11.6 Å². The van der Waals surface area contributed by atoms with E-state index in [-0.39, 0.29) is 11.7 Å². The summed E-state index contributed by atoms with van der Waals surface area (Å²) in [7, 11) is 0. The number of Topliss-reactive ketones (excluding diaryl/α,β-unsaturated/α-hetero) is 1. The lowest BCUT2D eigenvalue weighted by molar-refractivity contribution is -0.116. The maximum Gasteiger partial charge on any atom is 0.161 e. The Morgan fingerprint density at radius 2 is 1.78 bits per heavy atom.